The van der Waals surface area contributed by atoms with Gasteiger partial charge in [-0.3, -0.25) is 0 Å². The molecule has 2 N–H and O–H groups in total. The Kier molecular flexibility index (Phi) is 5.30. The Hall–Kier alpha value is 0.0969. The molecule has 0 spiro atoms. The molecule has 0 saturated carbocycles. The van der Waals surface area contributed by atoms with Gasteiger partial charge in [0.2, 0.25) is 0 Å². The first-order chi connectivity index (χ1) is 3.85. The molecular weight excluding hydrogens is 122 g/mol. The highest BCUT2D eigenvalue weighted by molar-refractivity contribution is 6.36. The molecule has 0 amide bonds. The topological polar surface area (TPSA) is 44.5 Å². The number of hydrogen-bond donors (Lipinski definition) is 1. The summed E-state index contributed by atoms with van der Waals surface area (Å²) >= 11 is 0. The second kappa shape index (κ2) is 5.24. The molecule has 3 nitrogen and oxygen atoms in total. The van der Waals surface area contributed by atoms with Gasteiger partial charge in [-0.2, -0.15) is 0 Å². The van der Waals surface area contributed by atoms with Crippen molar-refractivity contribution in [2.75, 3.05) is 20.4 Å². The van der Waals surface area contributed by atoms with E-state index in [2.05, 4.69) is 0 Å². The van der Waals surface area contributed by atoms with Gasteiger partial charge in [-0.25, -0.2) is 0 Å². The maximum Gasteiger partial charge on any atom is 0.135 e. The van der Waals surface area contributed by atoms with Gasteiger partial charge in [-0.15, -0.1) is 0 Å². The van der Waals surface area contributed by atoms with Gasteiger partial charge in [-0.1, -0.05) is 0 Å². The lowest BCUT2D eigenvalue weighted by atomic mass is 11.3. The highest BCUT2D eigenvalue weighted by atomic mass is 28.2. The predicted molar refractivity (Wildman–Crippen MR) is 35.4 cm³/mol. The summed E-state index contributed by atoms with van der Waals surface area (Å²) in [4.78, 5) is 0. The third-order valence-electron chi connectivity index (χ3n) is 0.928. The van der Waals surface area contributed by atoms with Crippen molar-refractivity contribution in [1.82, 2.24) is 0 Å². The smallest absolute Gasteiger partial charge is 0.135 e. The van der Waals surface area contributed by atoms with Crippen molar-refractivity contribution in [3.63, 3.8) is 0 Å². The first kappa shape index (κ1) is 8.10. The van der Waals surface area contributed by atoms with Crippen molar-refractivity contribution in [1.29, 1.82) is 0 Å². The number of methoxy groups -OCH3 is 2. The predicted octanol–water partition coefficient (Wildman–Crippen LogP) is -1.35. The monoisotopic (exact) mass is 135 g/mol. The van der Waals surface area contributed by atoms with Crippen LogP contribution in [0, 0.1) is 0 Å². The summed E-state index contributed by atoms with van der Waals surface area (Å²) in [6.07, 6.45) is 0.742. The van der Waals surface area contributed by atoms with Gasteiger partial charge < -0.3 is 15.2 Å². The van der Waals surface area contributed by atoms with Gasteiger partial charge in [0.25, 0.3) is 0 Å². The van der Waals surface area contributed by atoms with Gasteiger partial charge >= 0.3 is 0 Å². The Morgan fingerprint density at radius 2 is 2.00 bits per heavy atom. The standard InChI is InChI=1S/C4H13NO2Si/c1-6-4(7-2)8-3-5/h4H,3,5,8H2,1-2H3. The van der Waals surface area contributed by atoms with Gasteiger partial charge in [0.15, 0.2) is 0 Å². The minimum absolute atomic E-state index is 0.0139. The molecule has 8 heavy (non-hydrogen) atoms. The first-order valence-corrected chi connectivity index (χ1v) is 4.42. The Morgan fingerprint density at radius 1 is 1.50 bits per heavy atom. The van der Waals surface area contributed by atoms with E-state index < -0.39 is 0 Å². The second-order valence-electron chi connectivity index (χ2n) is 1.48. The third kappa shape index (κ3) is 3.14. The zero-order valence-corrected chi connectivity index (χ0v) is 6.80. The van der Waals surface area contributed by atoms with Crippen molar-refractivity contribution in [3.05, 3.63) is 0 Å². The van der Waals surface area contributed by atoms with Crippen molar-refractivity contribution >= 4 is 9.52 Å². The maximum absolute atomic E-state index is 5.28. The van der Waals surface area contributed by atoms with E-state index in [0.717, 1.165) is 6.17 Å². The maximum atomic E-state index is 5.28. The van der Waals surface area contributed by atoms with Crippen molar-refractivity contribution in [3.8, 4) is 0 Å². The fourth-order valence-electron chi connectivity index (χ4n) is 0.468. The lowest BCUT2D eigenvalue weighted by Gasteiger charge is -2.09. The summed E-state index contributed by atoms with van der Waals surface area (Å²) in [6, 6.07) is 0. The molecule has 0 aromatic carbocycles. The van der Waals surface area contributed by atoms with Crippen LogP contribution in [-0.4, -0.2) is 35.8 Å². The fourth-order valence-corrected chi connectivity index (χ4v) is 1.21. The summed E-state index contributed by atoms with van der Waals surface area (Å²) in [5.74, 6) is 0.0139. The van der Waals surface area contributed by atoms with E-state index in [9.17, 15) is 0 Å². The lowest BCUT2D eigenvalue weighted by molar-refractivity contribution is -0.0439. The average molecular weight is 135 g/mol. The number of nitrogens with two attached hydrogens (primary N) is 1. The van der Waals surface area contributed by atoms with Crippen LogP contribution in [0.1, 0.15) is 0 Å². The fraction of sp³-hybridized carbons (Fsp3) is 1.00. The molecule has 0 fully saturated rings. The summed E-state index contributed by atoms with van der Waals surface area (Å²) in [7, 11) is 2.94. The molecule has 0 aromatic rings. The highest BCUT2D eigenvalue weighted by Crippen LogP contribution is 1.84. The van der Waals surface area contributed by atoms with Crippen LogP contribution in [0.25, 0.3) is 0 Å². The molecule has 0 aliphatic heterocycles. The first-order valence-electron chi connectivity index (χ1n) is 2.60. The molecule has 0 unspecified atom stereocenters. The van der Waals surface area contributed by atoms with Gasteiger partial charge in [-0.05, 0) is 6.17 Å². The molecule has 0 bridgehead atoms. The zero-order chi connectivity index (χ0) is 6.41. The Labute approximate surface area is 52.0 Å². The van der Waals surface area contributed by atoms with Crippen molar-refractivity contribution in [2.45, 2.75) is 5.91 Å². The largest absolute Gasteiger partial charge is 0.360 e. The quantitative estimate of drug-likeness (QED) is 0.383. The van der Waals surface area contributed by atoms with E-state index in [-0.39, 0.29) is 15.4 Å². The van der Waals surface area contributed by atoms with E-state index in [1.165, 1.54) is 0 Å². The highest BCUT2D eigenvalue weighted by Gasteiger charge is 2.01. The van der Waals surface area contributed by atoms with Gasteiger partial charge in [0.1, 0.15) is 15.4 Å². The minimum atomic E-state index is -0.331. The van der Waals surface area contributed by atoms with Crippen LogP contribution in [0.2, 0.25) is 0 Å². The molecule has 0 saturated heterocycles. The molecule has 0 radical (unpaired) electrons. The summed E-state index contributed by atoms with van der Waals surface area (Å²) in [5.41, 5.74) is 5.28. The van der Waals surface area contributed by atoms with Crippen LogP contribution in [0.4, 0.5) is 0 Å². The normalized spacial score (nSPS) is 12.0. The van der Waals surface area contributed by atoms with E-state index in [1.807, 2.05) is 0 Å². The Bertz CT molecular complexity index is 49.3. The van der Waals surface area contributed by atoms with Crippen LogP contribution < -0.4 is 5.73 Å². The van der Waals surface area contributed by atoms with Crippen LogP contribution >= 0.6 is 0 Å². The molecule has 50 valence electrons. The summed E-state index contributed by atoms with van der Waals surface area (Å²) in [5, 5.41) is 0. The third-order valence-corrected chi connectivity index (χ3v) is 2.40. The van der Waals surface area contributed by atoms with Crippen molar-refractivity contribution < 1.29 is 9.47 Å². The molecule has 0 atom stereocenters. The van der Waals surface area contributed by atoms with Gasteiger partial charge in [0.05, 0.1) is 0 Å². The average Bonchev–Trinajstić information content (AvgIpc) is 1.83. The van der Waals surface area contributed by atoms with Crippen LogP contribution in [0.3, 0.4) is 0 Å². The van der Waals surface area contributed by atoms with Crippen LogP contribution in [0.15, 0.2) is 0 Å². The van der Waals surface area contributed by atoms with E-state index in [0.29, 0.717) is 0 Å². The summed E-state index contributed by atoms with van der Waals surface area (Å²) in [6.45, 7) is 0. The molecule has 0 aliphatic carbocycles. The molecule has 0 rings (SSSR count). The number of hydrogen-bond acceptors (Lipinski definition) is 3. The minimum Gasteiger partial charge on any atom is -0.360 e. The SMILES string of the molecule is COC(OC)[SiH2]CN. The Morgan fingerprint density at radius 3 is 2.12 bits per heavy atom. The molecular formula is C4H13NO2Si. The van der Waals surface area contributed by atoms with Crippen molar-refractivity contribution in [2.24, 2.45) is 5.73 Å². The van der Waals surface area contributed by atoms with E-state index >= 15 is 0 Å². The number of ether oxygens (including phenoxy) is 2. The van der Waals surface area contributed by atoms with Crippen LogP contribution in [-0.2, 0) is 9.47 Å². The van der Waals surface area contributed by atoms with E-state index in [1.54, 1.807) is 14.2 Å². The molecule has 0 aromatic heterocycles. The number of rotatable bonds is 4. The zero-order valence-electron chi connectivity index (χ0n) is 5.39. The van der Waals surface area contributed by atoms with Gasteiger partial charge in [0, 0.05) is 14.2 Å². The van der Waals surface area contributed by atoms with E-state index in [4.69, 9.17) is 15.2 Å². The molecule has 0 aliphatic rings. The second-order valence-corrected chi connectivity index (χ2v) is 3.30. The lowest BCUT2D eigenvalue weighted by Crippen LogP contribution is -2.27. The molecule has 0 heterocycles. The molecule has 4 heteroatoms. The van der Waals surface area contributed by atoms with Crippen LogP contribution in [0.5, 0.6) is 0 Å². The summed E-state index contributed by atoms with van der Waals surface area (Å²) < 4.78 is 9.80. The Balaban J connectivity index is 3.07.